The first kappa shape index (κ1) is 19.9. The fraction of sp³-hybridized carbons (Fsp3) is 0.353. The van der Waals surface area contributed by atoms with Crippen LogP contribution in [0.5, 0.6) is 0 Å². The number of rotatable bonds is 5. The van der Waals surface area contributed by atoms with Gasteiger partial charge in [-0.05, 0) is 38.4 Å². The Labute approximate surface area is 156 Å². The summed E-state index contributed by atoms with van der Waals surface area (Å²) >= 11 is 0. The van der Waals surface area contributed by atoms with E-state index in [2.05, 4.69) is 10.4 Å². The number of likely N-dealkylation sites (tertiary alicyclic amines) is 1. The highest BCUT2D eigenvalue weighted by atomic mass is 35.5. The predicted molar refractivity (Wildman–Crippen MR) is 96.4 cm³/mol. The van der Waals surface area contributed by atoms with Gasteiger partial charge in [0.2, 0.25) is 5.91 Å². The highest BCUT2D eigenvalue weighted by Gasteiger charge is 2.31. The Morgan fingerprint density at radius 2 is 2.12 bits per heavy atom. The molecule has 0 saturated carbocycles. The Morgan fingerprint density at radius 3 is 2.81 bits per heavy atom. The van der Waals surface area contributed by atoms with Crippen molar-refractivity contribution in [1.29, 1.82) is 0 Å². The van der Waals surface area contributed by atoms with Crippen molar-refractivity contribution in [2.75, 3.05) is 18.4 Å². The summed E-state index contributed by atoms with van der Waals surface area (Å²) in [5.74, 6) is -1.38. The van der Waals surface area contributed by atoms with Crippen molar-refractivity contribution in [2.45, 2.75) is 25.8 Å². The highest BCUT2D eigenvalue weighted by molar-refractivity contribution is 5.92. The van der Waals surface area contributed by atoms with Crippen molar-refractivity contribution in [3.63, 3.8) is 0 Å². The number of carboxylic acid groups (broad SMARTS) is 1. The molecule has 0 radical (unpaired) electrons. The number of hydrogen-bond acceptors (Lipinski definition) is 4. The van der Waals surface area contributed by atoms with Crippen molar-refractivity contribution in [3.8, 4) is 5.69 Å². The van der Waals surface area contributed by atoms with E-state index in [-0.39, 0.29) is 30.5 Å². The average Bonchev–Trinajstić information content (AvgIpc) is 3.14. The molecular weight excluding hydrogens is 363 g/mol. The zero-order valence-electron chi connectivity index (χ0n) is 14.2. The maximum Gasteiger partial charge on any atom is 0.320 e. The first-order valence-electron chi connectivity index (χ1n) is 8.04. The van der Waals surface area contributed by atoms with Gasteiger partial charge in [-0.1, -0.05) is 12.1 Å². The number of carbonyl (C=O) groups excluding carboxylic acids is 1. The first-order valence-corrected chi connectivity index (χ1v) is 8.04. The third kappa shape index (κ3) is 4.20. The average molecular weight is 383 g/mol. The van der Waals surface area contributed by atoms with Crippen LogP contribution in [-0.2, 0) is 9.59 Å². The zero-order chi connectivity index (χ0) is 18.0. The van der Waals surface area contributed by atoms with E-state index < -0.39 is 17.8 Å². The largest absolute Gasteiger partial charge is 0.480 e. The van der Waals surface area contributed by atoms with Crippen molar-refractivity contribution < 1.29 is 19.1 Å². The minimum Gasteiger partial charge on any atom is -0.480 e. The monoisotopic (exact) mass is 382 g/mol. The number of nitrogens with one attached hydrogen (secondary N) is 1. The lowest BCUT2D eigenvalue weighted by Gasteiger charge is -2.20. The Kier molecular flexibility index (Phi) is 6.33. The molecule has 1 aliphatic heterocycles. The number of aryl methyl sites for hydroxylation is 1. The quantitative estimate of drug-likeness (QED) is 0.828. The first-order chi connectivity index (χ1) is 12.0. The number of benzene rings is 1. The minimum absolute atomic E-state index is 0. The van der Waals surface area contributed by atoms with E-state index in [1.54, 1.807) is 36.1 Å². The molecule has 1 aromatic heterocycles. The molecule has 2 aromatic rings. The molecule has 0 bridgehead atoms. The lowest BCUT2D eigenvalue weighted by Crippen LogP contribution is -2.41. The number of halogens is 2. The van der Waals surface area contributed by atoms with Crippen LogP contribution in [-0.4, -0.2) is 50.8 Å². The van der Waals surface area contributed by atoms with Crippen molar-refractivity contribution in [2.24, 2.45) is 0 Å². The van der Waals surface area contributed by atoms with Gasteiger partial charge in [-0.25, -0.2) is 9.07 Å². The summed E-state index contributed by atoms with van der Waals surface area (Å²) in [5.41, 5.74) is 0.860. The molecule has 2 heterocycles. The Morgan fingerprint density at radius 1 is 1.38 bits per heavy atom. The number of carbonyl (C=O) groups is 2. The summed E-state index contributed by atoms with van der Waals surface area (Å²) in [4.78, 5) is 25.2. The van der Waals surface area contributed by atoms with Crippen LogP contribution >= 0.6 is 12.4 Å². The zero-order valence-corrected chi connectivity index (χ0v) is 15.0. The van der Waals surface area contributed by atoms with E-state index in [1.807, 2.05) is 0 Å². The summed E-state index contributed by atoms with van der Waals surface area (Å²) < 4.78 is 15.4. The second-order valence-electron chi connectivity index (χ2n) is 6.05. The van der Waals surface area contributed by atoms with Gasteiger partial charge in [0.15, 0.2) is 0 Å². The molecule has 1 atom stereocenters. The molecule has 9 heteroatoms. The molecular formula is C17H20ClFN4O3. The smallest absolute Gasteiger partial charge is 0.320 e. The molecule has 1 saturated heterocycles. The van der Waals surface area contributed by atoms with Crippen molar-refractivity contribution in [1.82, 2.24) is 14.7 Å². The number of aliphatic carboxylic acids is 1. The number of nitrogens with zero attached hydrogens (tertiary/aromatic N) is 3. The van der Waals surface area contributed by atoms with Crippen molar-refractivity contribution >= 4 is 30.1 Å². The van der Waals surface area contributed by atoms with Gasteiger partial charge in [-0.15, -0.1) is 12.4 Å². The van der Waals surface area contributed by atoms with Crippen LogP contribution in [0.4, 0.5) is 10.2 Å². The van der Waals surface area contributed by atoms with Gasteiger partial charge in [-0.3, -0.25) is 14.5 Å². The molecule has 7 nitrogen and oxygen atoms in total. The van der Waals surface area contributed by atoms with Crippen LogP contribution in [0, 0.1) is 12.7 Å². The molecule has 3 rings (SSSR count). The van der Waals surface area contributed by atoms with Crippen LogP contribution < -0.4 is 5.32 Å². The summed E-state index contributed by atoms with van der Waals surface area (Å²) in [5, 5.41) is 16.1. The van der Waals surface area contributed by atoms with Gasteiger partial charge < -0.3 is 10.4 Å². The van der Waals surface area contributed by atoms with E-state index in [4.69, 9.17) is 0 Å². The third-order valence-electron chi connectivity index (χ3n) is 4.18. The number of anilines is 1. The Bertz CT molecular complexity index is 811. The SMILES string of the molecule is Cc1cc(NC(=O)CN2CCC[C@@H]2C(=O)O)n(-c2ccccc2F)n1.Cl. The lowest BCUT2D eigenvalue weighted by atomic mass is 10.2. The van der Waals surface area contributed by atoms with Crippen molar-refractivity contribution in [3.05, 3.63) is 41.8 Å². The summed E-state index contributed by atoms with van der Waals surface area (Å²) in [6.45, 7) is 2.28. The second kappa shape index (κ2) is 8.29. The number of hydrogen-bond donors (Lipinski definition) is 2. The van der Waals surface area contributed by atoms with Gasteiger partial charge >= 0.3 is 5.97 Å². The molecule has 1 aliphatic rings. The molecule has 1 aromatic carbocycles. The third-order valence-corrected chi connectivity index (χ3v) is 4.18. The van der Waals surface area contributed by atoms with Gasteiger partial charge in [0.25, 0.3) is 0 Å². The molecule has 1 amide bonds. The van der Waals surface area contributed by atoms with E-state index in [0.717, 1.165) is 6.42 Å². The van der Waals surface area contributed by atoms with E-state index >= 15 is 0 Å². The number of para-hydroxylation sites is 1. The molecule has 0 unspecified atom stereocenters. The fourth-order valence-corrected chi connectivity index (χ4v) is 3.06. The number of amides is 1. The molecule has 1 fully saturated rings. The van der Waals surface area contributed by atoms with Crippen LogP contribution in [0.1, 0.15) is 18.5 Å². The van der Waals surface area contributed by atoms with Gasteiger partial charge in [0.05, 0.1) is 12.2 Å². The number of aromatic nitrogens is 2. The molecule has 140 valence electrons. The summed E-state index contributed by atoms with van der Waals surface area (Å²) in [7, 11) is 0. The maximum atomic E-state index is 14.0. The van der Waals surface area contributed by atoms with Crippen LogP contribution in [0.25, 0.3) is 5.69 Å². The second-order valence-corrected chi connectivity index (χ2v) is 6.05. The van der Waals surface area contributed by atoms with E-state index in [9.17, 15) is 19.1 Å². The lowest BCUT2D eigenvalue weighted by molar-refractivity contribution is -0.142. The minimum atomic E-state index is -0.919. The highest BCUT2D eigenvalue weighted by Crippen LogP contribution is 2.21. The molecule has 2 N–H and O–H groups in total. The molecule has 0 aliphatic carbocycles. The predicted octanol–water partition coefficient (Wildman–Crippen LogP) is 2.23. The topological polar surface area (TPSA) is 87.5 Å². The summed E-state index contributed by atoms with van der Waals surface area (Å²) in [6.07, 6.45) is 1.28. The van der Waals surface area contributed by atoms with E-state index in [0.29, 0.717) is 24.5 Å². The summed E-state index contributed by atoms with van der Waals surface area (Å²) in [6, 6.07) is 7.15. The molecule has 0 spiro atoms. The Balaban J connectivity index is 0.00000243. The van der Waals surface area contributed by atoms with Crippen LogP contribution in [0.3, 0.4) is 0 Å². The standard InChI is InChI=1S/C17H19FN4O3.ClH/c1-11-9-15(22(20-11)13-6-3-2-5-12(13)18)19-16(23)10-21-8-4-7-14(21)17(24)25;/h2-3,5-6,9,14H,4,7-8,10H2,1H3,(H,19,23)(H,24,25);1H/t14-;/m1./s1. The fourth-order valence-electron chi connectivity index (χ4n) is 3.06. The molecule has 26 heavy (non-hydrogen) atoms. The number of carboxylic acids is 1. The van der Waals surface area contributed by atoms with E-state index in [1.165, 1.54) is 10.7 Å². The van der Waals surface area contributed by atoms with Gasteiger partial charge in [0.1, 0.15) is 23.4 Å². The Hall–Kier alpha value is -2.45. The normalized spacial score (nSPS) is 16.9. The van der Waals surface area contributed by atoms with Crippen LogP contribution in [0.2, 0.25) is 0 Å². The maximum absolute atomic E-state index is 14.0. The van der Waals surface area contributed by atoms with Crippen LogP contribution in [0.15, 0.2) is 30.3 Å². The van der Waals surface area contributed by atoms with Gasteiger partial charge in [-0.2, -0.15) is 5.10 Å². The van der Waals surface area contributed by atoms with Gasteiger partial charge in [0, 0.05) is 6.07 Å².